The first kappa shape index (κ1) is 12.9. The fourth-order valence-corrected chi connectivity index (χ4v) is 1.60. The highest BCUT2D eigenvalue weighted by molar-refractivity contribution is 4.66. The van der Waals surface area contributed by atoms with Crippen LogP contribution in [0.15, 0.2) is 0 Å². The Morgan fingerprint density at radius 2 is 2.27 bits per heavy atom. The van der Waals surface area contributed by atoms with E-state index in [9.17, 15) is 0 Å². The van der Waals surface area contributed by atoms with Crippen LogP contribution in [-0.4, -0.2) is 53.2 Å². The van der Waals surface area contributed by atoms with Crippen LogP contribution in [0.5, 0.6) is 0 Å². The van der Waals surface area contributed by atoms with E-state index in [1.165, 1.54) is 6.42 Å². The summed E-state index contributed by atoms with van der Waals surface area (Å²) in [5.41, 5.74) is 0. The minimum atomic E-state index is 0.707. The molecule has 1 saturated heterocycles. The molecule has 1 aliphatic heterocycles. The van der Waals surface area contributed by atoms with Gasteiger partial charge in [0, 0.05) is 40.0 Å². The van der Waals surface area contributed by atoms with Gasteiger partial charge in [-0.1, -0.05) is 0 Å². The SMILES string of the molecule is COCCCOCCNCC1CCOC1. The summed E-state index contributed by atoms with van der Waals surface area (Å²) in [6.07, 6.45) is 2.18. The summed E-state index contributed by atoms with van der Waals surface area (Å²) in [5.74, 6) is 0.707. The molecule has 0 saturated carbocycles. The van der Waals surface area contributed by atoms with Gasteiger partial charge < -0.3 is 19.5 Å². The van der Waals surface area contributed by atoms with Gasteiger partial charge in [-0.2, -0.15) is 0 Å². The van der Waals surface area contributed by atoms with E-state index in [1.54, 1.807) is 7.11 Å². The minimum Gasteiger partial charge on any atom is -0.385 e. The smallest absolute Gasteiger partial charge is 0.0590 e. The van der Waals surface area contributed by atoms with Crippen molar-refractivity contribution in [3.63, 3.8) is 0 Å². The zero-order valence-electron chi connectivity index (χ0n) is 9.67. The Labute approximate surface area is 92.3 Å². The molecule has 4 heteroatoms. The van der Waals surface area contributed by atoms with Crippen molar-refractivity contribution < 1.29 is 14.2 Å². The fraction of sp³-hybridized carbons (Fsp3) is 1.00. The van der Waals surface area contributed by atoms with Gasteiger partial charge in [0.05, 0.1) is 13.2 Å². The fourth-order valence-electron chi connectivity index (χ4n) is 1.60. The van der Waals surface area contributed by atoms with Crippen LogP contribution < -0.4 is 5.32 Å². The molecule has 4 nitrogen and oxygen atoms in total. The van der Waals surface area contributed by atoms with Gasteiger partial charge in [0.2, 0.25) is 0 Å². The predicted molar refractivity (Wildman–Crippen MR) is 59.1 cm³/mol. The standard InChI is InChI=1S/C11H23NO3/c1-13-5-2-6-14-8-4-12-9-11-3-7-15-10-11/h11-12H,2-10H2,1H3. The van der Waals surface area contributed by atoms with Crippen molar-refractivity contribution in [3.8, 4) is 0 Å². The lowest BCUT2D eigenvalue weighted by atomic mass is 10.1. The Balaban J connectivity index is 1.73. The molecule has 1 unspecified atom stereocenters. The molecule has 0 aromatic carbocycles. The molecule has 0 aliphatic carbocycles. The summed E-state index contributed by atoms with van der Waals surface area (Å²) in [4.78, 5) is 0. The zero-order chi connectivity index (χ0) is 10.8. The Hall–Kier alpha value is -0.160. The average Bonchev–Trinajstić information content (AvgIpc) is 2.75. The maximum atomic E-state index is 5.43. The third kappa shape index (κ3) is 6.84. The number of ether oxygens (including phenoxy) is 3. The second-order valence-electron chi connectivity index (χ2n) is 3.89. The summed E-state index contributed by atoms with van der Waals surface area (Å²) >= 11 is 0. The molecule has 90 valence electrons. The summed E-state index contributed by atoms with van der Waals surface area (Å²) in [6.45, 7) is 6.21. The second-order valence-corrected chi connectivity index (χ2v) is 3.89. The van der Waals surface area contributed by atoms with Gasteiger partial charge in [-0.25, -0.2) is 0 Å². The highest BCUT2D eigenvalue weighted by Crippen LogP contribution is 2.10. The van der Waals surface area contributed by atoms with Gasteiger partial charge >= 0.3 is 0 Å². The van der Waals surface area contributed by atoms with Crippen LogP contribution in [0.25, 0.3) is 0 Å². The van der Waals surface area contributed by atoms with Crippen LogP contribution in [0.1, 0.15) is 12.8 Å². The zero-order valence-corrected chi connectivity index (χ0v) is 9.67. The molecule has 1 N–H and O–H groups in total. The van der Waals surface area contributed by atoms with Gasteiger partial charge in [0.25, 0.3) is 0 Å². The van der Waals surface area contributed by atoms with Crippen molar-refractivity contribution in [2.45, 2.75) is 12.8 Å². The predicted octanol–water partition coefficient (Wildman–Crippen LogP) is 0.666. The Morgan fingerprint density at radius 3 is 3.00 bits per heavy atom. The summed E-state index contributed by atoms with van der Waals surface area (Å²) in [6, 6.07) is 0. The van der Waals surface area contributed by atoms with Crippen molar-refractivity contribution in [2.75, 3.05) is 53.2 Å². The summed E-state index contributed by atoms with van der Waals surface area (Å²) in [7, 11) is 1.71. The molecule has 1 aliphatic rings. The van der Waals surface area contributed by atoms with Crippen molar-refractivity contribution >= 4 is 0 Å². The molecular formula is C11H23NO3. The number of methoxy groups -OCH3 is 1. The lowest BCUT2D eigenvalue weighted by Crippen LogP contribution is -2.26. The molecule has 1 atom stereocenters. The van der Waals surface area contributed by atoms with E-state index in [1.807, 2.05) is 0 Å². The Bertz CT molecular complexity index is 138. The normalized spacial score (nSPS) is 21.0. The largest absolute Gasteiger partial charge is 0.385 e. The van der Waals surface area contributed by atoms with Gasteiger partial charge in [0.15, 0.2) is 0 Å². The molecule has 0 amide bonds. The average molecular weight is 217 g/mol. The van der Waals surface area contributed by atoms with E-state index in [0.29, 0.717) is 5.92 Å². The first-order chi connectivity index (χ1) is 7.43. The summed E-state index contributed by atoms with van der Waals surface area (Å²) in [5, 5.41) is 3.38. The molecule has 0 spiro atoms. The molecule has 0 aromatic rings. The van der Waals surface area contributed by atoms with E-state index in [4.69, 9.17) is 14.2 Å². The van der Waals surface area contributed by atoms with Crippen molar-refractivity contribution in [2.24, 2.45) is 5.92 Å². The third-order valence-corrected chi connectivity index (χ3v) is 2.52. The lowest BCUT2D eigenvalue weighted by molar-refractivity contribution is 0.103. The number of rotatable bonds is 9. The number of hydrogen-bond acceptors (Lipinski definition) is 4. The first-order valence-electron chi connectivity index (χ1n) is 5.78. The van der Waals surface area contributed by atoms with E-state index in [-0.39, 0.29) is 0 Å². The molecule has 1 fully saturated rings. The number of hydrogen-bond donors (Lipinski definition) is 1. The van der Waals surface area contributed by atoms with Gasteiger partial charge in [-0.05, 0) is 18.8 Å². The van der Waals surface area contributed by atoms with Crippen LogP contribution in [-0.2, 0) is 14.2 Å². The van der Waals surface area contributed by atoms with E-state index >= 15 is 0 Å². The quantitative estimate of drug-likeness (QED) is 0.576. The van der Waals surface area contributed by atoms with E-state index in [0.717, 1.165) is 52.5 Å². The van der Waals surface area contributed by atoms with Crippen molar-refractivity contribution in [1.29, 1.82) is 0 Å². The van der Waals surface area contributed by atoms with Gasteiger partial charge in [0.1, 0.15) is 0 Å². The topological polar surface area (TPSA) is 39.7 Å². The van der Waals surface area contributed by atoms with Crippen LogP contribution in [0.4, 0.5) is 0 Å². The highest BCUT2D eigenvalue weighted by Gasteiger charge is 2.14. The minimum absolute atomic E-state index is 0.707. The van der Waals surface area contributed by atoms with Crippen molar-refractivity contribution in [1.82, 2.24) is 5.32 Å². The second kappa shape index (κ2) is 9.09. The highest BCUT2D eigenvalue weighted by atomic mass is 16.5. The first-order valence-corrected chi connectivity index (χ1v) is 5.78. The van der Waals surface area contributed by atoms with E-state index in [2.05, 4.69) is 5.32 Å². The molecule has 0 aromatic heterocycles. The van der Waals surface area contributed by atoms with Gasteiger partial charge in [-0.3, -0.25) is 0 Å². The molecule has 1 rings (SSSR count). The van der Waals surface area contributed by atoms with E-state index < -0.39 is 0 Å². The van der Waals surface area contributed by atoms with Gasteiger partial charge in [-0.15, -0.1) is 0 Å². The molecule has 15 heavy (non-hydrogen) atoms. The van der Waals surface area contributed by atoms with Crippen molar-refractivity contribution in [3.05, 3.63) is 0 Å². The Morgan fingerprint density at radius 1 is 1.33 bits per heavy atom. The maximum Gasteiger partial charge on any atom is 0.0590 e. The summed E-state index contributed by atoms with van der Waals surface area (Å²) < 4.78 is 15.6. The van der Waals surface area contributed by atoms with Crippen LogP contribution in [0.2, 0.25) is 0 Å². The monoisotopic (exact) mass is 217 g/mol. The molecule has 1 heterocycles. The lowest BCUT2D eigenvalue weighted by Gasteiger charge is -2.09. The Kier molecular flexibility index (Phi) is 7.83. The molecule has 0 bridgehead atoms. The maximum absolute atomic E-state index is 5.43. The molecular weight excluding hydrogens is 194 g/mol. The van der Waals surface area contributed by atoms with Crippen LogP contribution in [0, 0.1) is 5.92 Å². The molecule has 0 radical (unpaired) electrons. The number of nitrogens with one attached hydrogen (secondary N) is 1. The third-order valence-electron chi connectivity index (χ3n) is 2.52. The van der Waals surface area contributed by atoms with Crippen LogP contribution >= 0.6 is 0 Å². The van der Waals surface area contributed by atoms with Crippen LogP contribution in [0.3, 0.4) is 0 Å².